The summed E-state index contributed by atoms with van der Waals surface area (Å²) in [4.78, 5) is 8.50. The Morgan fingerprint density at radius 3 is 2.65 bits per heavy atom. The molecule has 26 heavy (non-hydrogen) atoms. The lowest BCUT2D eigenvalue weighted by atomic mass is 10.1. The van der Waals surface area contributed by atoms with Crippen LogP contribution in [0.15, 0.2) is 64.5 Å². The molecule has 138 valence electrons. The number of imidazole rings is 1. The Hall–Kier alpha value is -2.29. The van der Waals surface area contributed by atoms with Crippen molar-refractivity contribution < 1.29 is 4.42 Å². The molecule has 0 bridgehead atoms. The zero-order valence-corrected chi connectivity index (χ0v) is 17.3. The average molecular weight is 465 g/mol. The van der Waals surface area contributed by atoms with Gasteiger partial charge in [-0.05, 0) is 30.2 Å². The number of aliphatic imine (C=N–C) groups is 1. The van der Waals surface area contributed by atoms with Crippen molar-refractivity contribution in [3.8, 4) is 0 Å². The molecule has 2 heterocycles. The van der Waals surface area contributed by atoms with Crippen LogP contribution in [0.2, 0.25) is 0 Å². The molecule has 0 radical (unpaired) electrons. The molecule has 0 aliphatic carbocycles. The highest BCUT2D eigenvalue weighted by atomic mass is 127. The van der Waals surface area contributed by atoms with Gasteiger partial charge < -0.3 is 19.6 Å². The van der Waals surface area contributed by atoms with E-state index in [1.165, 1.54) is 11.1 Å². The van der Waals surface area contributed by atoms with Crippen molar-refractivity contribution in [3.05, 3.63) is 77.8 Å². The molecule has 0 aliphatic rings. The maximum atomic E-state index is 5.31. The van der Waals surface area contributed by atoms with Crippen molar-refractivity contribution in [1.29, 1.82) is 0 Å². The summed E-state index contributed by atoms with van der Waals surface area (Å²) in [5, 5.41) is 6.56. The summed E-state index contributed by atoms with van der Waals surface area (Å²) >= 11 is 0. The number of aryl methyl sites for hydroxylation is 1. The summed E-state index contributed by atoms with van der Waals surface area (Å²) in [5.74, 6) is 2.64. The summed E-state index contributed by atoms with van der Waals surface area (Å²) in [7, 11) is 1.76. The first-order valence-corrected chi connectivity index (χ1v) is 8.27. The molecule has 0 atom stereocenters. The van der Waals surface area contributed by atoms with Crippen LogP contribution in [0.3, 0.4) is 0 Å². The average Bonchev–Trinajstić information content (AvgIpc) is 3.28. The van der Waals surface area contributed by atoms with Gasteiger partial charge in [-0.3, -0.25) is 4.99 Å². The Morgan fingerprint density at radius 1 is 1.15 bits per heavy atom. The molecular weight excluding hydrogens is 441 g/mol. The zero-order valence-electron chi connectivity index (χ0n) is 15.0. The monoisotopic (exact) mass is 465 g/mol. The van der Waals surface area contributed by atoms with Crippen LogP contribution in [0.25, 0.3) is 0 Å². The molecule has 0 fully saturated rings. The summed E-state index contributed by atoms with van der Waals surface area (Å²) in [5.41, 5.74) is 2.45. The van der Waals surface area contributed by atoms with Gasteiger partial charge in [0, 0.05) is 32.5 Å². The minimum absolute atomic E-state index is 0. The first-order valence-electron chi connectivity index (χ1n) is 8.27. The predicted molar refractivity (Wildman–Crippen MR) is 114 cm³/mol. The van der Waals surface area contributed by atoms with Crippen molar-refractivity contribution in [2.24, 2.45) is 4.99 Å². The smallest absolute Gasteiger partial charge is 0.191 e. The van der Waals surface area contributed by atoms with Gasteiger partial charge in [0.25, 0.3) is 0 Å². The number of nitrogens with one attached hydrogen (secondary N) is 2. The van der Waals surface area contributed by atoms with Gasteiger partial charge in [0.15, 0.2) is 5.96 Å². The van der Waals surface area contributed by atoms with Crippen molar-refractivity contribution in [1.82, 2.24) is 20.2 Å². The maximum absolute atomic E-state index is 5.31. The van der Waals surface area contributed by atoms with E-state index in [-0.39, 0.29) is 24.0 Å². The largest absolute Gasteiger partial charge is 0.467 e. The van der Waals surface area contributed by atoms with E-state index in [2.05, 4.69) is 49.4 Å². The minimum Gasteiger partial charge on any atom is -0.467 e. The molecular formula is C19H24IN5O. The van der Waals surface area contributed by atoms with Crippen LogP contribution in [-0.4, -0.2) is 22.6 Å². The van der Waals surface area contributed by atoms with Gasteiger partial charge >= 0.3 is 0 Å². The highest BCUT2D eigenvalue weighted by molar-refractivity contribution is 14.0. The fraction of sp³-hybridized carbons (Fsp3) is 0.263. The van der Waals surface area contributed by atoms with E-state index in [1.807, 2.05) is 31.5 Å². The number of hydrogen-bond donors (Lipinski definition) is 2. The van der Waals surface area contributed by atoms with E-state index < -0.39 is 0 Å². The second-order valence-corrected chi connectivity index (χ2v) is 5.78. The third-order valence-electron chi connectivity index (χ3n) is 3.96. The molecule has 2 N–H and O–H groups in total. The van der Waals surface area contributed by atoms with Crippen LogP contribution in [-0.2, 0) is 19.6 Å². The van der Waals surface area contributed by atoms with E-state index in [9.17, 15) is 0 Å². The quantitative estimate of drug-likeness (QED) is 0.333. The lowest BCUT2D eigenvalue weighted by Gasteiger charge is -2.12. The van der Waals surface area contributed by atoms with Crippen LogP contribution in [0.5, 0.6) is 0 Å². The predicted octanol–water partition coefficient (Wildman–Crippen LogP) is 3.32. The Labute approximate surface area is 170 Å². The number of aromatic nitrogens is 2. The molecule has 0 unspecified atom stereocenters. The van der Waals surface area contributed by atoms with Gasteiger partial charge in [-0.2, -0.15) is 0 Å². The van der Waals surface area contributed by atoms with Gasteiger partial charge in [0.05, 0.1) is 12.8 Å². The highest BCUT2D eigenvalue weighted by Gasteiger charge is 2.03. The molecule has 1 aromatic carbocycles. The molecule has 0 saturated heterocycles. The van der Waals surface area contributed by atoms with Gasteiger partial charge in [-0.1, -0.05) is 24.3 Å². The lowest BCUT2D eigenvalue weighted by Crippen LogP contribution is -2.36. The van der Waals surface area contributed by atoms with Gasteiger partial charge in [-0.15, -0.1) is 24.0 Å². The molecule has 0 amide bonds. The molecule has 0 aliphatic heterocycles. The molecule has 2 aromatic heterocycles. The Morgan fingerprint density at radius 2 is 1.96 bits per heavy atom. The number of rotatable bonds is 6. The Kier molecular flexibility index (Phi) is 7.71. The number of hydrogen-bond acceptors (Lipinski definition) is 3. The summed E-state index contributed by atoms with van der Waals surface area (Å²) in [6.07, 6.45) is 5.50. The topological polar surface area (TPSA) is 67.4 Å². The zero-order chi connectivity index (χ0) is 17.5. The third-order valence-corrected chi connectivity index (χ3v) is 3.96. The lowest BCUT2D eigenvalue weighted by molar-refractivity contribution is 0.501. The van der Waals surface area contributed by atoms with Crippen LogP contribution >= 0.6 is 24.0 Å². The number of halogens is 1. The number of guanidine groups is 1. The van der Waals surface area contributed by atoms with Crippen LogP contribution in [0.4, 0.5) is 0 Å². The van der Waals surface area contributed by atoms with E-state index in [4.69, 9.17) is 4.42 Å². The standard InChI is InChI=1S/C19H23N5O.HI/c1-15-21-8-9-24(15)14-17-6-3-5-16(11-17)12-22-19(20-2)23-13-18-7-4-10-25-18;/h3-11H,12-14H2,1-2H3,(H2,20,22,23);1H. The molecule has 3 aromatic rings. The number of furan rings is 1. The number of nitrogens with zero attached hydrogens (tertiary/aromatic N) is 3. The molecule has 0 saturated carbocycles. The van der Waals surface area contributed by atoms with Crippen LogP contribution in [0.1, 0.15) is 22.7 Å². The Bertz CT molecular complexity index is 826. The molecule has 3 rings (SSSR count). The van der Waals surface area contributed by atoms with Gasteiger partial charge in [-0.25, -0.2) is 4.98 Å². The molecule has 6 nitrogen and oxygen atoms in total. The van der Waals surface area contributed by atoms with Gasteiger partial charge in [0.2, 0.25) is 0 Å². The summed E-state index contributed by atoms with van der Waals surface area (Å²) in [6.45, 7) is 4.15. The van der Waals surface area contributed by atoms with Crippen molar-refractivity contribution in [2.45, 2.75) is 26.6 Å². The van der Waals surface area contributed by atoms with E-state index in [0.29, 0.717) is 13.1 Å². The van der Waals surface area contributed by atoms with Crippen molar-refractivity contribution in [3.63, 3.8) is 0 Å². The summed E-state index contributed by atoms with van der Waals surface area (Å²) < 4.78 is 7.45. The van der Waals surface area contributed by atoms with Crippen LogP contribution in [0, 0.1) is 6.92 Å². The Balaban J connectivity index is 0.00000243. The van der Waals surface area contributed by atoms with Crippen molar-refractivity contribution in [2.75, 3.05) is 7.05 Å². The van der Waals surface area contributed by atoms with E-state index in [0.717, 1.165) is 24.1 Å². The number of benzene rings is 1. The van der Waals surface area contributed by atoms with Crippen LogP contribution < -0.4 is 10.6 Å². The molecule has 0 spiro atoms. The fourth-order valence-electron chi connectivity index (χ4n) is 2.60. The van der Waals surface area contributed by atoms with E-state index in [1.54, 1.807) is 13.3 Å². The molecule has 7 heteroatoms. The second-order valence-electron chi connectivity index (χ2n) is 5.78. The minimum atomic E-state index is 0. The first-order chi connectivity index (χ1) is 12.2. The highest BCUT2D eigenvalue weighted by Crippen LogP contribution is 2.09. The summed E-state index contributed by atoms with van der Waals surface area (Å²) in [6, 6.07) is 12.3. The first kappa shape index (κ1) is 20.0. The maximum Gasteiger partial charge on any atom is 0.191 e. The van der Waals surface area contributed by atoms with Crippen molar-refractivity contribution >= 4 is 29.9 Å². The normalized spacial score (nSPS) is 11.1. The van der Waals surface area contributed by atoms with Gasteiger partial charge in [0.1, 0.15) is 11.6 Å². The SMILES string of the molecule is CN=C(NCc1cccc(Cn2ccnc2C)c1)NCc1ccco1.I. The second kappa shape index (κ2) is 10.0. The third kappa shape index (κ3) is 5.62. The van der Waals surface area contributed by atoms with E-state index >= 15 is 0 Å². The fourth-order valence-corrected chi connectivity index (χ4v) is 2.60.